The minimum absolute atomic E-state index is 0.121. The fraction of sp³-hybridized carbons (Fsp3) is 0.0952. The van der Waals surface area contributed by atoms with Gasteiger partial charge in [-0.1, -0.05) is 24.3 Å². The summed E-state index contributed by atoms with van der Waals surface area (Å²) in [7, 11) is 2.84. The third kappa shape index (κ3) is 5.01. The molecule has 8 heteroatoms. The van der Waals surface area contributed by atoms with Crippen molar-refractivity contribution in [2.75, 3.05) is 19.5 Å². The minimum atomic E-state index is -0.578. The summed E-state index contributed by atoms with van der Waals surface area (Å²) in [6, 6.07) is 13.8. The minimum Gasteiger partial charge on any atom is -0.497 e. The van der Waals surface area contributed by atoms with Crippen molar-refractivity contribution in [3.8, 4) is 5.75 Å². The van der Waals surface area contributed by atoms with Crippen molar-refractivity contribution < 1.29 is 14.3 Å². The predicted molar refractivity (Wildman–Crippen MR) is 110 cm³/mol. The molecule has 0 radical (unpaired) electrons. The number of hydrogen-bond acceptors (Lipinski definition) is 5. The van der Waals surface area contributed by atoms with E-state index in [1.165, 1.54) is 7.11 Å². The van der Waals surface area contributed by atoms with Crippen LogP contribution in [0.25, 0.3) is 12.2 Å². The van der Waals surface area contributed by atoms with Crippen molar-refractivity contribution in [2.45, 2.75) is 0 Å². The van der Waals surface area contributed by atoms with Gasteiger partial charge in [0.05, 0.1) is 14.2 Å². The first kappa shape index (κ1) is 19.7. The molecule has 0 aliphatic heterocycles. The van der Waals surface area contributed by atoms with Gasteiger partial charge in [-0.05, 0) is 47.5 Å². The van der Waals surface area contributed by atoms with Crippen LogP contribution >= 0.6 is 0 Å². The number of benzene rings is 2. The molecule has 1 heterocycles. The summed E-state index contributed by atoms with van der Waals surface area (Å²) in [5.41, 5.74) is 1.11. The van der Waals surface area contributed by atoms with E-state index in [1.807, 2.05) is 0 Å². The average Bonchev–Trinajstić information content (AvgIpc) is 2.73. The number of aromatic amines is 2. The van der Waals surface area contributed by atoms with Crippen molar-refractivity contribution in [2.24, 2.45) is 0 Å². The average molecular weight is 393 g/mol. The fourth-order valence-electron chi connectivity index (χ4n) is 2.56. The number of carbonyl (C=O) groups is 1. The molecule has 0 bridgehead atoms. The number of rotatable bonds is 4. The zero-order chi connectivity index (χ0) is 20.8. The standard InChI is InChI=1S/C21H19N3O5/c1-28-16-9-5-14(6-10-16)12-18-20(26)23-17(19(25)24-18)11-13-3-7-15(8-4-13)22-21(27)29-2/h3-12H,1-2H3,(H,22,27)(H,23,26)(H,24,25). The van der Waals surface area contributed by atoms with Gasteiger partial charge in [-0.2, -0.15) is 0 Å². The molecule has 1 aromatic heterocycles. The van der Waals surface area contributed by atoms with Crippen LogP contribution in [0.4, 0.5) is 10.5 Å². The number of nitrogens with one attached hydrogen (secondary N) is 3. The van der Waals surface area contributed by atoms with Crippen LogP contribution in [0.5, 0.6) is 5.75 Å². The maximum absolute atomic E-state index is 12.4. The van der Waals surface area contributed by atoms with Gasteiger partial charge in [-0.15, -0.1) is 0 Å². The molecule has 0 aliphatic carbocycles. The lowest BCUT2D eigenvalue weighted by Gasteiger charge is -2.03. The van der Waals surface area contributed by atoms with E-state index >= 15 is 0 Å². The van der Waals surface area contributed by atoms with Gasteiger partial charge in [0.15, 0.2) is 0 Å². The van der Waals surface area contributed by atoms with Gasteiger partial charge in [-0.25, -0.2) is 4.79 Å². The number of carbonyl (C=O) groups excluding carboxylic acids is 1. The first-order chi connectivity index (χ1) is 14.0. The lowest BCUT2D eigenvalue weighted by Crippen LogP contribution is -2.46. The van der Waals surface area contributed by atoms with Gasteiger partial charge < -0.3 is 19.4 Å². The Kier molecular flexibility index (Phi) is 5.94. The predicted octanol–water partition coefficient (Wildman–Crippen LogP) is 0.908. The molecule has 8 nitrogen and oxygen atoms in total. The molecule has 3 aromatic rings. The molecule has 0 aliphatic rings. The van der Waals surface area contributed by atoms with Crippen LogP contribution in [-0.4, -0.2) is 30.3 Å². The second-order valence-electron chi connectivity index (χ2n) is 6.04. The van der Waals surface area contributed by atoms with Gasteiger partial charge >= 0.3 is 6.09 Å². The maximum Gasteiger partial charge on any atom is 0.411 e. The number of H-pyrrole nitrogens is 2. The molecule has 0 unspecified atom stereocenters. The van der Waals surface area contributed by atoms with Crippen molar-refractivity contribution in [1.29, 1.82) is 0 Å². The first-order valence-corrected chi connectivity index (χ1v) is 8.63. The van der Waals surface area contributed by atoms with Gasteiger partial charge in [-0.3, -0.25) is 14.9 Å². The quantitative estimate of drug-likeness (QED) is 0.610. The van der Waals surface area contributed by atoms with Gasteiger partial charge in [0.1, 0.15) is 16.4 Å². The Morgan fingerprint density at radius 3 is 1.76 bits per heavy atom. The highest BCUT2D eigenvalue weighted by Crippen LogP contribution is 2.11. The first-order valence-electron chi connectivity index (χ1n) is 8.63. The fourth-order valence-corrected chi connectivity index (χ4v) is 2.56. The molecule has 0 atom stereocenters. The molecule has 3 N–H and O–H groups in total. The maximum atomic E-state index is 12.4. The molecule has 2 aromatic carbocycles. The highest BCUT2D eigenvalue weighted by molar-refractivity contribution is 5.84. The summed E-state index contributed by atoms with van der Waals surface area (Å²) >= 11 is 0. The topological polar surface area (TPSA) is 113 Å². The number of anilines is 1. The molecule has 0 fully saturated rings. The van der Waals surface area contributed by atoms with Crippen LogP contribution in [0.2, 0.25) is 0 Å². The van der Waals surface area contributed by atoms with E-state index in [0.29, 0.717) is 17.0 Å². The second kappa shape index (κ2) is 8.75. The summed E-state index contributed by atoms with van der Waals surface area (Å²) in [5, 5.41) is 2.80. The lowest BCUT2D eigenvalue weighted by atomic mass is 10.2. The summed E-state index contributed by atoms with van der Waals surface area (Å²) in [5.74, 6) is 0.697. The summed E-state index contributed by atoms with van der Waals surface area (Å²) in [6.07, 6.45) is 2.54. The van der Waals surface area contributed by atoms with E-state index in [0.717, 1.165) is 5.56 Å². The van der Waals surface area contributed by atoms with E-state index in [4.69, 9.17) is 4.74 Å². The Morgan fingerprint density at radius 1 is 0.828 bits per heavy atom. The molecule has 0 saturated carbocycles. The molecular formula is C21H19N3O5. The van der Waals surface area contributed by atoms with Crippen LogP contribution in [0.1, 0.15) is 11.1 Å². The highest BCUT2D eigenvalue weighted by atomic mass is 16.5. The molecule has 1 amide bonds. The molecule has 3 rings (SSSR count). The zero-order valence-corrected chi connectivity index (χ0v) is 15.8. The smallest absolute Gasteiger partial charge is 0.411 e. The largest absolute Gasteiger partial charge is 0.497 e. The molecule has 148 valence electrons. The number of aromatic nitrogens is 2. The second-order valence-corrected chi connectivity index (χ2v) is 6.04. The van der Waals surface area contributed by atoms with Crippen LogP contribution in [0.3, 0.4) is 0 Å². The SMILES string of the molecule is COC(=O)Nc1ccc(C=c2[nH]c(=O)c(=Cc3ccc(OC)cc3)[nH]c2=O)cc1. The van der Waals surface area contributed by atoms with Crippen molar-refractivity contribution in [1.82, 2.24) is 9.97 Å². The van der Waals surface area contributed by atoms with Crippen molar-refractivity contribution >= 4 is 23.9 Å². The molecule has 29 heavy (non-hydrogen) atoms. The Bertz CT molecular complexity index is 1240. The Morgan fingerprint density at radius 2 is 1.31 bits per heavy atom. The number of ether oxygens (including phenoxy) is 2. The number of hydrogen-bond donors (Lipinski definition) is 3. The Balaban J connectivity index is 1.92. The van der Waals surface area contributed by atoms with Gasteiger partial charge in [0, 0.05) is 5.69 Å². The van der Waals surface area contributed by atoms with E-state index in [2.05, 4.69) is 20.0 Å². The highest BCUT2D eigenvalue weighted by Gasteiger charge is 2.01. The monoisotopic (exact) mass is 393 g/mol. The van der Waals surface area contributed by atoms with E-state index in [9.17, 15) is 14.4 Å². The molecule has 0 saturated heterocycles. The van der Waals surface area contributed by atoms with Crippen LogP contribution in [0.15, 0.2) is 58.1 Å². The number of amides is 1. The van der Waals surface area contributed by atoms with E-state index < -0.39 is 17.2 Å². The Hall–Kier alpha value is -4.07. The van der Waals surface area contributed by atoms with E-state index in [1.54, 1.807) is 67.8 Å². The van der Waals surface area contributed by atoms with Gasteiger partial charge in [0.2, 0.25) is 0 Å². The Labute approximate surface area is 165 Å². The van der Waals surface area contributed by atoms with Crippen LogP contribution < -0.4 is 31.9 Å². The summed E-state index contributed by atoms with van der Waals surface area (Å²) in [4.78, 5) is 41.1. The summed E-state index contributed by atoms with van der Waals surface area (Å²) in [6.45, 7) is 0. The lowest BCUT2D eigenvalue weighted by molar-refractivity contribution is 0.187. The van der Waals surface area contributed by atoms with Gasteiger partial charge in [0.25, 0.3) is 11.1 Å². The normalized spacial score (nSPS) is 11.9. The molecule has 0 spiro atoms. The third-order valence-electron chi connectivity index (χ3n) is 4.07. The van der Waals surface area contributed by atoms with Crippen LogP contribution in [-0.2, 0) is 4.74 Å². The number of methoxy groups -OCH3 is 2. The van der Waals surface area contributed by atoms with Crippen molar-refractivity contribution in [3.63, 3.8) is 0 Å². The zero-order valence-electron chi connectivity index (χ0n) is 15.8. The molecular weight excluding hydrogens is 374 g/mol. The summed E-state index contributed by atoms with van der Waals surface area (Å²) < 4.78 is 9.62. The third-order valence-corrected chi connectivity index (χ3v) is 4.07. The van der Waals surface area contributed by atoms with E-state index in [-0.39, 0.29) is 10.7 Å². The van der Waals surface area contributed by atoms with Crippen molar-refractivity contribution in [3.05, 3.63) is 91.1 Å². The van der Waals surface area contributed by atoms with Crippen LogP contribution in [0, 0.1) is 0 Å².